The molecule has 137 valence electrons. The molecule has 0 saturated carbocycles. The summed E-state index contributed by atoms with van der Waals surface area (Å²) in [4.78, 5) is 0. The van der Waals surface area contributed by atoms with Crippen LogP contribution in [-0.2, 0) is 6.42 Å². The maximum atomic E-state index is 2.43. The van der Waals surface area contributed by atoms with E-state index in [1.165, 1.54) is 101 Å². The molecule has 0 N–H and O–H groups in total. The Balaban J connectivity index is 1.70. The van der Waals surface area contributed by atoms with E-state index in [2.05, 4.69) is 43.0 Å². The molecule has 0 atom stereocenters. The molecule has 0 bridgehead atoms. The van der Waals surface area contributed by atoms with Crippen LogP contribution in [0.15, 0.2) is 30.3 Å². The summed E-state index contributed by atoms with van der Waals surface area (Å²) in [6.45, 7) is 2.29. The van der Waals surface area contributed by atoms with Crippen LogP contribution in [0, 0.1) is 5.75 Å². The van der Waals surface area contributed by atoms with Crippen LogP contribution >= 0.6 is 11.8 Å². The largest absolute Gasteiger partial charge is 0.157 e. The normalized spacial score (nSPS) is 11.0. The van der Waals surface area contributed by atoms with Gasteiger partial charge in [0.1, 0.15) is 0 Å². The van der Waals surface area contributed by atoms with Gasteiger partial charge in [-0.2, -0.15) is 11.8 Å². The van der Waals surface area contributed by atoms with Gasteiger partial charge in [-0.15, -0.1) is 0 Å². The van der Waals surface area contributed by atoms with Crippen molar-refractivity contribution in [3.63, 3.8) is 0 Å². The number of unbranched alkanes of at least 4 members (excludes halogenated alkanes) is 12. The Morgan fingerprint density at radius 2 is 1.25 bits per heavy atom. The van der Waals surface area contributed by atoms with Gasteiger partial charge in [-0.05, 0) is 24.2 Å². The zero-order chi connectivity index (χ0) is 17.1. The van der Waals surface area contributed by atoms with Crippen molar-refractivity contribution in [3.05, 3.63) is 41.6 Å². The van der Waals surface area contributed by atoms with Gasteiger partial charge in [0.2, 0.25) is 0 Å². The number of hydrogen-bond donors (Lipinski definition) is 0. The monoisotopic (exact) mass is 347 g/mol. The summed E-state index contributed by atoms with van der Waals surface area (Å²) in [7, 11) is 0. The summed E-state index contributed by atoms with van der Waals surface area (Å²) in [5, 5.41) is 0. The van der Waals surface area contributed by atoms with Crippen LogP contribution in [0.25, 0.3) is 0 Å². The van der Waals surface area contributed by atoms with Gasteiger partial charge in [-0.1, -0.05) is 114 Å². The Hall–Kier alpha value is -0.430. The quantitative estimate of drug-likeness (QED) is 0.256. The minimum absolute atomic E-state index is 1.19. The first-order chi connectivity index (χ1) is 11.9. The molecular formula is C23H39S. The number of rotatable bonds is 17. The predicted octanol–water partition coefficient (Wildman–Crippen LogP) is 8.22. The van der Waals surface area contributed by atoms with Gasteiger partial charge < -0.3 is 0 Å². The standard InChI is InChI=1S/C23H39S/c1-2-3-4-5-6-7-8-9-10-11-12-13-17-21-24-22-20-23-18-15-14-16-19-23/h14-16,18-19,21H,2-13,17,20,22H2,1H3. The molecule has 1 rings (SSSR count). The van der Waals surface area contributed by atoms with Crippen molar-refractivity contribution < 1.29 is 0 Å². The van der Waals surface area contributed by atoms with Crippen LogP contribution in [0.4, 0.5) is 0 Å². The van der Waals surface area contributed by atoms with E-state index in [-0.39, 0.29) is 0 Å². The SMILES string of the molecule is CCCCCCCCCCCCCC[CH]SCCc1ccccc1. The highest BCUT2D eigenvalue weighted by Crippen LogP contribution is 2.16. The summed E-state index contributed by atoms with van der Waals surface area (Å²) in [6.07, 6.45) is 19.8. The van der Waals surface area contributed by atoms with Gasteiger partial charge in [-0.3, -0.25) is 0 Å². The first kappa shape index (κ1) is 21.6. The number of benzene rings is 1. The lowest BCUT2D eigenvalue weighted by molar-refractivity contribution is 0.544. The lowest BCUT2D eigenvalue weighted by Crippen LogP contribution is -1.87. The fourth-order valence-electron chi connectivity index (χ4n) is 3.06. The third kappa shape index (κ3) is 14.0. The fourth-order valence-corrected chi connectivity index (χ4v) is 3.91. The maximum absolute atomic E-state index is 2.43. The van der Waals surface area contributed by atoms with E-state index >= 15 is 0 Å². The van der Waals surface area contributed by atoms with Gasteiger partial charge in [0.15, 0.2) is 0 Å². The molecule has 0 amide bonds. The van der Waals surface area contributed by atoms with E-state index in [0.717, 1.165) is 0 Å². The molecule has 0 fully saturated rings. The van der Waals surface area contributed by atoms with Crippen molar-refractivity contribution in [2.45, 2.75) is 96.8 Å². The Morgan fingerprint density at radius 3 is 1.83 bits per heavy atom. The molecule has 0 aromatic heterocycles. The third-order valence-electron chi connectivity index (χ3n) is 4.64. The van der Waals surface area contributed by atoms with E-state index in [1.54, 1.807) is 0 Å². The second kappa shape index (κ2) is 17.4. The molecule has 0 nitrogen and oxygen atoms in total. The lowest BCUT2D eigenvalue weighted by Gasteiger charge is -2.03. The minimum Gasteiger partial charge on any atom is -0.157 e. The first-order valence-electron chi connectivity index (χ1n) is 10.4. The Morgan fingerprint density at radius 1 is 0.708 bits per heavy atom. The van der Waals surface area contributed by atoms with Crippen molar-refractivity contribution in [1.29, 1.82) is 0 Å². The molecule has 0 spiro atoms. The Bertz CT molecular complexity index is 346. The van der Waals surface area contributed by atoms with E-state index < -0.39 is 0 Å². The van der Waals surface area contributed by atoms with Crippen molar-refractivity contribution in [3.8, 4) is 0 Å². The molecule has 1 heteroatoms. The molecule has 0 aliphatic rings. The lowest BCUT2D eigenvalue weighted by atomic mass is 10.1. The molecule has 1 aromatic rings. The fraction of sp³-hybridized carbons (Fsp3) is 0.696. The van der Waals surface area contributed by atoms with E-state index in [9.17, 15) is 0 Å². The van der Waals surface area contributed by atoms with Crippen LogP contribution in [0.1, 0.15) is 96.0 Å². The highest BCUT2D eigenvalue weighted by atomic mass is 32.2. The molecule has 24 heavy (non-hydrogen) atoms. The summed E-state index contributed by atoms with van der Waals surface area (Å²) in [5.41, 5.74) is 1.46. The Kier molecular flexibility index (Phi) is 15.7. The van der Waals surface area contributed by atoms with Crippen LogP contribution in [-0.4, -0.2) is 5.75 Å². The molecule has 0 aliphatic carbocycles. The second-order valence-electron chi connectivity index (χ2n) is 6.95. The second-order valence-corrected chi connectivity index (χ2v) is 8.03. The van der Waals surface area contributed by atoms with Crippen molar-refractivity contribution in [2.75, 3.05) is 5.75 Å². The topological polar surface area (TPSA) is 0 Å². The summed E-state index contributed by atoms with van der Waals surface area (Å²) in [5.74, 6) is 3.65. The molecule has 0 heterocycles. The zero-order valence-electron chi connectivity index (χ0n) is 16.0. The highest BCUT2D eigenvalue weighted by Gasteiger charge is 1.96. The third-order valence-corrected chi connectivity index (χ3v) is 5.56. The van der Waals surface area contributed by atoms with Crippen LogP contribution < -0.4 is 0 Å². The molecule has 0 unspecified atom stereocenters. The van der Waals surface area contributed by atoms with Crippen molar-refractivity contribution in [1.82, 2.24) is 0 Å². The average molecular weight is 348 g/mol. The van der Waals surface area contributed by atoms with Gasteiger partial charge in [0.05, 0.1) is 0 Å². The highest BCUT2D eigenvalue weighted by molar-refractivity contribution is 8.01. The summed E-state index contributed by atoms with van der Waals surface area (Å²) >= 11 is 2.01. The number of hydrogen-bond acceptors (Lipinski definition) is 1. The first-order valence-corrected chi connectivity index (χ1v) is 11.5. The van der Waals surface area contributed by atoms with Crippen molar-refractivity contribution >= 4 is 11.8 Å². The number of thioether (sulfide) groups is 1. The molecule has 0 aliphatic heterocycles. The molecule has 1 aromatic carbocycles. The Labute approximate surface area is 156 Å². The molecule has 0 saturated heterocycles. The zero-order valence-corrected chi connectivity index (χ0v) is 16.8. The minimum atomic E-state index is 1.19. The maximum Gasteiger partial charge on any atom is 0.0166 e. The van der Waals surface area contributed by atoms with Gasteiger partial charge >= 0.3 is 0 Å². The van der Waals surface area contributed by atoms with Crippen molar-refractivity contribution in [2.24, 2.45) is 0 Å². The number of aryl methyl sites for hydroxylation is 1. The van der Waals surface area contributed by atoms with Gasteiger partial charge in [0, 0.05) is 5.75 Å². The molecular weight excluding hydrogens is 308 g/mol. The van der Waals surface area contributed by atoms with Crippen LogP contribution in [0.5, 0.6) is 0 Å². The summed E-state index contributed by atoms with van der Waals surface area (Å²) in [6, 6.07) is 10.8. The van der Waals surface area contributed by atoms with E-state index in [4.69, 9.17) is 0 Å². The van der Waals surface area contributed by atoms with Gasteiger partial charge in [0.25, 0.3) is 0 Å². The average Bonchev–Trinajstić information content (AvgIpc) is 2.62. The smallest absolute Gasteiger partial charge is 0.0166 e. The predicted molar refractivity (Wildman–Crippen MR) is 113 cm³/mol. The summed E-state index contributed by atoms with van der Waals surface area (Å²) < 4.78 is 0. The van der Waals surface area contributed by atoms with Crippen LogP contribution in [0.2, 0.25) is 0 Å². The van der Waals surface area contributed by atoms with E-state index in [0.29, 0.717) is 0 Å². The molecule has 1 radical (unpaired) electrons. The van der Waals surface area contributed by atoms with Crippen LogP contribution in [0.3, 0.4) is 0 Å². The van der Waals surface area contributed by atoms with Gasteiger partial charge in [-0.25, -0.2) is 0 Å². The van der Waals surface area contributed by atoms with E-state index in [1.807, 2.05) is 11.8 Å².